The maximum atomic E-state index is 14.3. The van der Waals surface area contributed by atoms with Gasteiger partial charge in [-0.15, -0.1) is 11.8 Å². The first-order chi connectivity index (χ1) is 12.8. The largest absolute Gasteiger partial charge is 0.497 e. The summed E-state index contributed by atoms with van der Waals surface area (Å²) in [6, 6.07) is 3.77. The Morgan fingerprint density at radius 3 is 2.48 bits per heavy atom. The van der Waals surface area contributed by atoms with E-state index in [9.17, 15) is 14.0 Å². The molecule has 0 aromatic heterocycles. The summed E-state index contributed by atoms with van der Waals surface area (Å²) in [5.74, 6) is -0.593. The van der Waals surface area contributed by atoms with Crippen molar-refractivity contribution in [2.45, 2.75) is 36.7 Å². The van der Waals surface area contributed by atoms with Crippen molar-refractivity contribution in [1.29, 1.82) is 0 Å². The number of hydrogen-bond donors (Lipinski definition) is 2. The van der Waals surface area contributed by atoms with Crippen molar-refractivity contribution in [3.8, 4) is 5.75 Å². The zero-order valence-corrected chi connectivity index (χ0v) is 16.5. The molecule has 0 radical (unpaired) electrons. The highest BCUT2D eigenvalue weighted by Crippen LogP contribution is 2.26. The molecule has 2 heterocycles. The van der Waals surface area contributed by atoms with Crippen LogP contribution in [0, 0.1) is 5.82 Å². The Hall–Kier alpha value is -1.84. The van der Waals surface area contributed by atoms with Gasteiger partial charge in [0.25, 0.3) is 5.91 Å². The van der Waals surface area contributed by atoms with Gasteiger partial charge in [-0.3, -0.25) is 14.9 Å². The molecule has 1 aromatic rings. The second kappa shape index (κ2) is 8.04. The highest BCUT2D eigenvalue weighted by atomic mass is 32.2. The number of ether oxygens (including phenoxy) is 1. The topological polar surface area (TPSA) is 87.9 Å². The van der Waals surface area contributed by atoms with Crippen LogP contribution in [0.2, 0.25) is 0 Å². The molecule has 0 aliphatic carbocycles. The van der Waals surface area contributed by atoms with Gasteiger partial charge in [0.1, 0.15) is 17.1 Å². The van der Waals surface area contributed by atoms with Crippen LogP contribution in [0.1, 0.15) is 24.2 Å². The molecule has 9 heteroatoms. The normalized spacial score (nSPS) is 28.3. The van der Waals surface area contributed by atoms with Gasteiger partial charge < -0.3 is 20.3 Å². The number of benzene rings is 1. The monoisotopic (exact) mass is 396 g/mol. The van der Waals surface area contributed by atoms with Crippen molar-refractivity contribution in [3.63, 3.8) is 0 Å². The molecule has 3 N–H and O–H groups in total. The minimum atomic E-state index is -0.611. The molecule has 27 heavy (non-hydrogen) atoms. The van der Waals surface area contributed by atoms with Gasteiger partial charge in [0.2, 0.25) is 5.91 Å². The summed E-state index contributed by atoms with van der Waals surface area (Å²) in [5, 5.41) is 2.85. The summed E-state index contributed by atoms with van der Waals surface area (Å²) >= 11 is 1.41. The minimum Gasteiger partial charge on any atom is -0.497 e. The molecule has 0 spiro atoms. The summed E-state index contributed by atoms with van der Waals surface area (Å²) < 4.78 is 19.3. The van der Waals surface area contributed by atoms with E-state index < -0.39 is 5.82 Å². The highest BCUT2D eigenvalue weighted by Gasteiger charge is 2.39. The molecular formula is C18H25FN4O3S. The summed E-state index contributed by atoms with van der Waals surface area (Å²) in [4.78, 5) is 29.1. The molecule has 4 atom stereocenters. The van der Waals surface area contributed by atoms with Crippen LogP contribution in [-0.2, 0) is 4.79 Å². The Balaban J connectivity index is 1.72. The number of rotatable bonds is 3. The van der Waals surface area contributed by atoms with Gasteiger partial charge in [-0.1, -0.05) is 0 Å². The number of nitrogens with one attached hydrogen (secondary N) is 1. The number of methoxy groups -OCH3 is 1. The van der Waals surface area contributed by atoms with Gasteiger partial charge in [0, 0.05) is 37.8 Å². The first-order valence-corrected chi connectivity index (χ1v) is 9.85. The fourth-order valence-corrected chi connectivity index (χ4v) is 4.69. The molecule has 2 aliphatic heterocycles. The maximum Gasteiger partial charge on any atom is 0.257 e. The number of thioether (sulfide) groups is 1. The molecule has 2 fully saturated rings. The van der Waals surface area contributed by atoms with Gasteiger partial charge in [0.15, 0.2) is 0 Å². The van der Waals surface area contributed by atoms with Crippen LogP contribution in [0.5, 0.6) is 5.75 Å². The molecule has 3 rings (SSSR count). The molecule has 0 bridgehead atoms. The van der Waals surface area contributed by atoms with E-state index in [1.165, 1.54) is 31.0 Å². The van der Waals surface area contributed by atoms with Crippen LogP contribution in [0.3, 0.4) is 0 Å². The smallest absolute Gasteiger partial charge is 0.257 e. The molecular weight excluding hydrogens is 371 g/mol. The number of nitrogens with two attached hydrogens (primary N) is 1. The molecule has 2 unspecified atom stereocenters. The van der Waals surface area contributed by atoms with Crippen molar-refractivity contribution in [1.82, 2.24) is 15.1 Å². The Morgan fingerprint density at radius 1 is 1.30 bits per heavy atom. The van der Waals surface area contributed by atoms with Crippen LogP contribution in [-0.4, -0.2) is 71.2 Å². The first kappa shape index (κ1) is 19.9. The van der Waals surface area contributed by atoms with Gasteiger partial charge in [-0.05, 0) is 26.0 Å². The van der Waals surface area contributed by atoms with Gasteiger partial charge in [-0.2, -0.15) is 0 Å². The van der Waals surface area contributed by atoms with Crippen molar-refractivity contribution in [2.24, 2.45) is 5.73 Å². The van der Waals surface area contributed by atoms with Crippen LogP contribution >= 0.6 is 11.8 Å². The van der Waals surface area contributed by atoms with Crippen molar-refractivity contribution >= 4 is 23.6 Å². The fourth-order valence-electron chi connectivity index (χ4n) is 3.68. The minimum absolute atomic E-state index is 0.01000. The molecule has 2 saturated heterocycles. The third-order valence-corrected chi connectivity index (χ3v) is 6.12. The lowest BCUT2D eigenvalue weighted by atomic mass is 10.0. The van der Waals surface area contributed by atoms with Crippen LogP contribution < -0.4 is 15.8 Å². The molecule has 1 aromatic carbocycles. The SMILES string of the molecule is COc1ccc(C(=O)N2[C@H](C)CN(C(=O)C3CNC(N)S3)C[C@H]2C)c(F)c1. The lowest BCUT2D eigenvalue weighted by Gasteiger charge is -2.45. The number of carbonyl (C=O) groups excluding carboxylic acids is 2. The number of piperazine rings is 1. The second-order valence-corrected chi connectivity index (χ2v) is 8.30. The average molecular weight is 396 g/mol. The Kier molecular flexibility index (Phi) is 5.92. The van der Waals surface area contributed by atoms with Crippen molar-refractivity contribution in [3.05, 3.63) is 29.6 Å². The lowest BCUT2D eigenvalue weighted by molar-refractivity contribution is -0.134. The van der Waals surface area contributed by atoms with Gasteiger partial charge >= 0.3 is 0 Å². The Bertz CT molecular complexity index is 723. The third-order valence-electron chi connectivity index (χ3n) is 4.96. The number of nitrogens with zero attached hydrogens (tertiary/aromatic N) is 2. The molecule has 0 saturated carbocycles. The summed E-state index contributed by atoms with van der Waals surface area (Å²) in [6.45, 7) is 5.13. The second-order valence-electron chi connectivity index (χ2n) is 6.95. The Labute approximate surface area is 162 Å². The summed E-state index contributed by atoms with van der Waals surface area (Å²) in [6.07, 6.45) is 0. The molecule has 2 aliphatic rings. The van der Waals surface area contributed by atoms with Gasteiger partial charge in [-0.25, -0.2) is 4.39 Å². The maximum absolute atomic E-state index is 14.3. The van der Waals surface area contributed by atoms with Crippen LogP contribution in [0.25, 0.3) is 0 Å². The number of amides is 2. The van der Waals surface area contributed by atoms with E-state index in [-0.39, 0.29) is 40.2 Å². The molecule has 148 valence electrons. The first-order valence-electron chi connectivity index (χ1n) is 8.91. The van der Waals surface area contributed by atoms with E-state index in [1.807, 2.05) is 13.8 Å². The standard InChI is InChI=1S/C18H25FN4O3S/c1-10-8-22(17(25)15-7-21-18(20)27-15)9-11(2)23(10)16(24)13-5-4-12(26-3)6-14(13)19/h4-6,10-11,15,18,21H,7-9,20H2,1-3H3/t10-,11-,15?,18?/m1/s1. The lowest BCUT2D eigenvalue weighted by Crippen LogP contribution is -2.61. The predicted octanol–water partition coefficient (Wildman–Crippen LogP) is 0.843. The van der Waals surface area contributed by atoms with Crippen LogP contribution in [0.15, 0.2) is 18.2 Å². The van der Waals surface area contributed by atoms with E-state index >= 15 is 0 Å². The third kappa shape index (κ3) is 4.04. The van der Waals surface area contributed by atoms with Crippen LogP contribution in [0.4, 0.5) is 4.39 Å². The summed E-state index contributed by atoms with van der Waals surface area (Å²) in [5.41, 5.74) is 5.57. The zero-order valence-electron chi connectivity index (χ0n) is 15.6. The van der Waals surface area contributed by atoms with E-state index in [2.05, 4.69) is 5.32 Å². The number of hydrogen-bond acceptors (Lipinski definition) is 6. The van der Waals surface area contributed by atoms with Crippen molar-refractivity contribution in [2.75, 3.05) is 26.7 Å². The quantitative estimate of drug-likeness (QED) is 0.787. The van der Waals surface area contributed by atoms with Gasteiger partial charge in [0.05, 0.1) is 17.9 Å². The van der Waals surface area contributed by atoms with E-state index in [0.29, 0.717) is 25.4 Å². The number of carbonyl (C=O) groups is 2. The highest BCUT2D eigenvalue weighted by molar-refractivity contribution is 8.01. The van der Waals surface area contributed by atoms with E-state index in [4.69, 9.17) is 10.5 Å². The molecule has 7 nitrogen and oxygen atoms in total. The van der Waals surface area contributed by atoms with Crippen molar-refractivity contribution < 1.29 is 18.7 Å². The zero-order chi connectivity index (χ0) is 19.7. The van der Waals surface area contributed by atoms with E-state index in [0.717, 1.165) is 0 Å². The fraction of sp³-hybridized carbons (Fsp3) is 0.556. The molecule has 2 amide bonds. The summed E-state index contributed by atoms with van der Waals surface area (Å²) in [7, 11) is 1.45. The van der Waals surface area contributed by atoms with E-state index in [1.54, 1.807) is 15.9 Å². The number of halogens is 1. The predicted molar refractivity (Wildman–Crippen MR) is 102 cm³/mol. The average Bonchev–Trinajstić information content (AvgIpc) is 3.06. The Morgan fingerprint density at radius 2 is 1.96 bits per heavy atom.